The maximum absolute atomic E-state index is 15.1. The van der Waals surface area contributed by atoms with Crippen molar-refractivity contribution in [3.63, 3.8) is 0 Å². The second-order valence-electron chi connectivity index (χ2n) is 8.84. The van der Waals surface area contributed by atoms with Gasteiger partial charge in [-0.25, -0.2) is 13.8 Å². The van der Waals surface area contributed by atoms with Crippen molar-refractivity contribution in [2.24, 2.45) is 0 Å². The fourth-order valence-electron chi connectivity index (χ4n) is 4.50. The first-order valence-corrected chi connectivity index (χ1v) is 11.4. The molecule has 0 bridgehead atoms. The summed E-state index contributed by atoms with van der Waals surface area (Å²) in [6.45, 7) is 3.35. The molecule has 1 aliphatic heterocycles. The van der Waals surface area contributed by atoms with Crippen molar-refractivity contribution in [1.29, 1.82) is 0 Å². The van der Waals surface area contributed by atoms with E-state index in [2.05, 4.69) is 38.9 Å². The summed E-state index contributed by atoms with van der Waals surface area (Å²) in [4.78, 5) is 30.5. The van der Waals surface area contributed by atoms with Gasteiger partial charge in [0.15, 0.2) is 11.6 Å². The van der Waals surface area contributed by atoms with Gasteiger partial charge in [0.05, 0.1) is 30.1 Å². The van der Waals surface area contributed by atoms with Gasteiger partial charge in [0.1, 0.15) is 22.6 Å². The Hall–Kier alpha value is -4.24. The highest BCUT2D eigenvalue weighted by Crippen LogP contribution is 2.38. The number of aliphatic hydroxyl groups excluding tert-OH is 1. The maximum Gasteiger partial charge on any atom is 0.258 e. The number of aromatic nitrogens is 4. The Morgan fingerprint density at radius 3 is 2.83 bits per heavy atom. The number of hydrogen-bond acceptors (Lipinski definition) is 6. The number of imidazole rings is 1. The lowest BCUT2D eigenvalue weighted by Gasteiger charge is -2.20. The van der Waals surface area contributed by atoms with Gasteiger partial charge in [-0.05, 0) is 31.3 Å². The van der Waals surface area contributed by atoms with Gasteiger partial charge in [-0.15, -0.1) is 0 Å². The van der Waals surface area contributed by atoms with E-state index in [1.807, 2.05) is 0 Å². The number of aromatic amines is 1. The number of amides is 2. The molecule has 1 aromatic carbocycles. The molecule has 36 heavy (non-hydrogen) atoms. The normalized spacial score (nSPS) is 19.2. The molecule has 0 radical (unpaired) electrons. The molecule has 2 atom stereocenters. The van der Waals surface area contributed by atoms with Gasteiger partial charge in [0.25, 0.3) is 5.91 Å². The third-order valence-corrected chi connectivity index (χ3v) is 6.45. The number of aliphatic hydroxyl groups is 1. The van der Waals surface area contributed by atoms with Crippen LogP contribution in [0.15, 0.2) is 25.0 Å². The average molecular weight is 495 g/mol. The number of nitrogens with zero attached hydrogens (tertiary/aromatic N) is 4. The van der Waals surface area contributed by atoms with E-state index >= 15 is 4.39 Å². The monoisotopic (exact) mass is 495 g/mol. The Kier molecular flexibility index (Phi) is 5.93. The first-order valence-electron chi connectivity index (χ1n) is 11.4. The Labute approximate surface area is 204 Å². The fourth-order valence-corrected chi connectivity index (χ4v) is 4.50. The largest absolute Gasteiger partial charge is 0.394 e. The number of halogens is 2. The zero-order valence-corrected chi connectivity index (χ0v) is 19.1. The highest BCUT2D eigenvalue weighted by molar-refractivity contribution is 6.00. The van der Waals surface area contributed by atoms with Crippen molar-refractivity contribution in [2.75, 3.05) is 18.9 Å². The van der Waals surface area contributed by atoms with Crippen molar-refractivity contribution >= 4 is 28.7 Å². The molecule has 1 saturated carbocycles. The number of hydrogen-bond donors (Lipinski definition) is 4. The smallest absolute Gasteiger partial charge is 0.258 e. The van der Waals surface area contributed by atoms with E-state index in [-0.39, 0.29) is 47.7 Å². The van der Waals surface area contributed by atoms with Gasteiger partial charge >= 0.3 is 0 Å². The summed E-state index contributed by atoms with van der Waals surface area (Å²) in [6, 6.07) is 0.476. The van der Waals surface area contributed by atoms with Crippen LogP contribution in [0.2, 0.25) is 0 Å². The van der Waals surface area contributed by atoms with Gasteiger partial charge in [-0.1, -0.05) is 12.5 Å². The number of fused-ring (bicyclic) bond motifs is 1. The quantitative estimate of drug-likeness (QED) is 0.310. The number of nitrogens with one attached hydrogen (secondary N) is 2. The van der Waals surface area contributed by atoms with E-state index in [1.165, 1.54) is 17.3 Å². The Morgan fingerprint density at radius 1 is 1.36 bits per heavy atom. The second-order valence-corrected chi connectivity index (χ2v) is 8.84. The first-order chi connectivity index (χ1) is 17.3. The number of carbonyl (C=O) groups excluding carboxylic acids is 2. The molecule has 10 nitrogen and oxygen atoms in total. The molecular weight excluding hydrogens is 472 g/mol. The summed E-state index contributed by atoms with van der Waals surface area (Å²) >= 11 is 0. The third kappa shape index (κ3) is 4.07. The van der Waals surface area contributed by atoms with Gasteiger partial charge in [-0.2, -0.15) is 5.10 Å². The molecule has 5 N–H and O–H groups in total. The summed E-state index contributed by atoms with van der Waals surface area (Å²) in [5.41, 5.74) is 5.65. The number of anilines is 1. The molecule has 0 unspecified atom stereocenters. The van der Waals surface area contributed by atoms with Gasteiger partial charge < -0.3 is 25.6 Å². The van der Waals surface area contributed by atoms with Gasteiger partial charge in [0, 0.05) is 24.7 Å². The molecule has 3 heterocycles. The number of likely N-dealkylation sites (tertiary alicyclic amines) is 1. The minimum absolute atomic E-state index is 0.0213. The summed E-state index contributed by atoms with van der Waals surface area (Å²) in [6.07, 6.45) is 4.83. The molecule has 1 aliphatic carbocycles. The highest BCUT2D eigenvalue weighted by atomic mass is 19.1. The van der Waals surface area contributed by atoms with E-state index in [9.17, 15) is 19.1 Å². The van der Waals surface area contributed by atoms with Gasteiger partial charge in [0.2, 0.25) is 5.91 Å². The Bertz CT molecular complexity index is 1450. The number of nitrogen functional groups attached to an aromatic ring is 1. The van der Waals surface area contributed by atoms with Crippen LogP contribution in [0.1, 0.15) is 46.9 Å². The lowest BCUT2D eigenvalue weighted by atomic mass is 10.1. The van der Waals surface area contributed by atoms with E-state index in [4.69, 9.17) is 5.73 Å². The predicted molar refractivity (Wildman–Crippen MR) is 126 cm³/mol. The van der Waals surface area contributed by atoms with Crippen LogP contribution in [0.3, 0.4) is 0 Å². The van der Waals surface area contributed by atoms with E-state index in [0.29, 0.717) is 11.9 Å². The molecule has 2 amide bonds. The van der Waals surface area contributed by atoms with Crippen LogP contribution in [0.5, 0.6) is 0 Å². The zero-order valence-electron chi connectivity index (χ0n) is 19.1. The summed E-state index contributed by atoms with van der Waals surface area (Å²) < 4.78 is 31.6. The number of rotatable bonds is 5. The maximum atomic E-state index is 15.1. The van der Waals surface area contributed by atoms with Gasteiger partial charge in [-0.3, -0.25) is 14.7 Å². The van der Waals surface area contributed by atoms with Crippen LogP contribution < -0.4 is 11.1 Å². The van der Waals surface area contributed by atoms with Crippen molar-refractivity contribution in [2.45, 2.75) is 37.4 Å². The molecule has 2 aromatic heterocycles. The zero-order chi connectivity index (χ0) is 25.6. The molecule has 5 rings (SSSR count). The molecule has 12 heteroatoms. The summed E-state index contributed by atoms with van der Waals surface area (Å²) in [5, 5.41) is 18.6. The SMILES string of the molecule is C=CC(=O)N1C[C@@H](NC(=O)c2c(N)n[nH]c2C#Cc2c(F)cc3c(ncn3C3CC3)c2F)C[C@@H]1CO. The van der Waals surface area contributed by atoms with Crippen LogP contribution in [-0.2, 0) is 4.79 Å². The summed E-state index contributed by atoms with van der Waals surface area (Å²) in [7, 11) is 0. The van der Waals surface area contributed by atoms with Crippen LogP contribution in [0, 0.1) is 23.5 Å². The number of nitrogens with two attached hydrogens (primary N) is 1. The van der Waals surface area contributed by atoms with Crippen LogP contribution in [0.4, 0.5) is 14.6 Å². The molecule has 2 aliphatic rings. The molecule has 186 valence electrons. The number of carbonyl (C=O) groups is 2. The van der Waals surface area contributed by atoms with E-state index in [0.717, 1.165) is 18.9 Å². The Balaban J connectivity index is 1.39. The lowest BCUT2D eigenvalue weighted by Crippen LogP contribution is -2.39. The van der Waals surface area contributed by atoms with Crippen molar-refractivity contribution in [3.05, 3.63) is 53.5 Å². The van der Waals surface area contributed by atoms with Crippen molar-refractivity contribution in [1.82, 2.24) is 30.0 Å². The fraction of sp³-hybridized carbons (Fsp3) is 0.333. The molecule has 1 saturated heterocycles. The van der Waals surface area contributed by atoms with Crippen LogP contribution in [0.25, 0.3) is 11.0 Å². The topological polar surface area (TPSA) is 142 Å². The minimum atomic E-state index is -0.886. The number of benzene rings is 1. The van der Waals surface area contributed by atoms with Crippen molar-refractivity contribution in [3.8, 4) is 11.8 Å². The van der Waals surface area contributed by atoms with E-state index < -0.39 is 35.2 Å². The van der Waals surface area contributed by atoms with Crippen LogP contribution >= 0.6 is 0 Å². The van der Waals surface area contributed by atoms with E-state index in [1.54, 1.807) is 4.57 Å². The highest BCUT2D eigenvalue weighted by Gasteiger charge is 2.35. The Morgan fingerprint density at radius 2 is 2.14 bits per heavy atom. The summed E-state index contributed by atoms with van der Waals surface area (Å²) in [5.74, 6) is 2.14. The molecule has 2 fully saturated rings. The van der Waals surface area contributed by atoms with Crippen molar-refractivity contribution < 1.29 is 23.5 Å². The molecule has 3 aromatic rings. The van der Waals surface area contributed by atoms with Crippen LogP contribution in [-0.4, -0.2) is 66.8 Å². The second kappa shape index (κ2) is 9.09. The average Bonchev–Trinajstić information content (AvgIpc) is 3.30. The first kappa shape index (κ1) is 23.5. The molecule has 0 spiro atoms. The number of H-pyrrole nitrogens is 1. The third-order valence-electron chi connectivity index (χ3n) is 6.45. The minimum Gasteiger partial charge on any atom is -0.394 e. The predicted octanol–water partition coefficient (Wildman–Crippen LogP) is 1.23. The standard InChI is InChI=1S/C24H23F2N7O3/c1-2-19(35)32-9-12(7-14(32)10-34)29-24(36)20-17(30-31-23(20)27)6-5-15-16(25)8-18-22(21(15)26)28-11-33(18)13-3-4-13/h2,8,11-14,34H,1,3-4,7,9-10H2,(H,29,36)(H3,27,30,31)/t12-,14+/m0/s1. The lowest BCUT2D eigenvalue weighted by molar-refractivity contribution is -0.127. The molecular formula is C24H23F2N7O3.